The van der Waals surface area contributed by atoms with Crippen LogP contribution < -0.4 is 4.74 Å². The fourth-order valence-electron chi connectivity index (χ4n) is 1.61. The first-order valence-corrected chi connectivity index (χ1v) is 7.64. The fraction of sp³-hybridized carbons (Fsp3) is 0.286. The average Bonchev–Trinajstić information content (AvgIpc) is 2.92. The molecule has 1 aromatic heterocycles. The minimum atomic E-state index is -0.400. The van der Waals surface area contributed by atoms with Crippen molar-refractivity contribution in [3.8, 4) is 5.75 Å². The summed E-state index contributed by atoms with van der Waals surface area (Å²) in [5, 5.41) is 12.1. The Balaban J connectivity index is 1.81. The van der Waals surface area contributed by atoms with Crippen molar-refractivity contribution in [3.63, 3.8) is 0 Å². The Morgan fingerprint density at radius 1 is 1.28 bits per heavy atom. The lowest BCUT2D eigenvalue weighted by Crippen LogP contribution is -1.98. The second-order valence-electron chi connectivity index (χ2n) is 3.86. The van der Waals surface area contributed by atoms with Gasteiger partial charge in [-0.2, -0.15) is 0 Å². The zero-order valence-electron chi connectivity index (χ0n) is 10.2. The van der Waals surface area contributed by atoms with Gasteiger partial charge < -0.3 is 9.84 Å². The van der Waals surface area contributed by atoms with E-state index < -0.39 is 6.10 Å². The summed E-state index contributed by atoms with van der Waals surface area (Å²) in [5.74, 6) is 1.74. The molecule has 0 radical (unpaired) electrons. The number of hydrogen-bond donors (Lipinski definition) is 1. The van der Waals surface area contributed by atoms with Gasteiger partial charge in [-0.05, 0) is 35.6 Å². The number of rotatable bonds is 6. The van der Waals surface area contributed by atoms with Gasteiger partial charge in [-0.15, -0.1) is 23.1 Å². The number of benzene rings is 1. The second-order valence-corrected chi connectivity index (χ2v) is 6.20. The quantitative estimate of drug-likeness (QED) is 0.812. The largest absolute Gasteiger partial charge is 0.497 e. The number of hydrogen-bond acceptors (Lipinski definition) is 4. The summed E-state index contributed by atoms with van der Waals surface area (Å²) in [7, 11) is 1.64. The smallest absolute Gasteiger partial charge is 0.118 e. The van der Waals surface area contributed by atoms with Gasteiger partial charge in [0.1, 0.15) is 5.75 Å². The molecule has 0 fully saturated rings. The lowest BCUT2D eigenvalue weighted by atomic mass is 10.1. The molecule has 1 N–H and O–H groups in total. The third-order valence-corrected chi connectivity index (χ3v) is 4.80. The molecule has 1 atom stereocenters. The van der Waals surface area contributed by atoms with E-state index in [2.05, 4.69) is 11.4 Å². The van der Waals surface area contributed by atoms with Crippen LogP contribution in [-0.2, 0) is 0 Å². The van der Waals surface area contributed by atoms with Crippen LogP contribution in [0.15, 0.2) is 46.0 Å². The first-order valence-electron chi connectivity index (χ1n) is 5.78. The fourth-order valence-corrected chi connectivity index (χ4v) is 3.46. The summed E-state index contributed by atoms with van der Waals surface area (Å²) in [6.45, 7) is 0. The molecule has 0 saturated heterocycles. The highest BCUT2D eigenvalue weighted by Crippen LogP contribution is 2.27. The number of aliphatic hydroxyl groups excluding tert-OH is 1. The molecule has 0 amide bonds. The molecule has 96 valence electrons. The first-order chi connectivity index (χ1) is 8.79. The molecule has 1 unspecified atom stereocenters. The van der Waals surface area contributed by atoms with Crippen LogP contribution in [0.1, 0.15) is 18.1 Å². The van der Waals surface area contributed by atoms with Gasteiger partial charge in [0.15, 0.2) is 0 Å². The van der Waals surface area contributed by atoms with Gasteiger partial charge in [0, 0.05) is 5.75 Å². The van der Waals surface area contributed by atoms with Crippen molar-refractivity contribution >= 4 is 23.1 Å². The Bertz CT molecular complexity index is 451. The summed E-state index contributed by atoms with van der Waals surface area (Å²) < 4.78 is 6.40. The molecular weight excluding hydrogens is 264 g/mol. The van der Waals surface area contributed by atoms with Crippen molar-refractivity contribution in [2.24, 2.45) is 0 Å². The van der Waals surface area contributed by atoms with Crippen molar-refractivity contribution in [1.82, 2.24) is 0 Å². The first kappa shape index (κ1) is 13.5. The molecule has 0 aliphatic carbocycles. The lowest BCUT2D eigenvalue weighted by molar-refractivity contribution is 0.175. The lowest BCUT2D eigenvalue weighted by Gasteiger charge is -2.10. The van der Waals surface area contributed by atoms with E-state index in [-0.39, 0.29) is 0 Å². The summed E-state index contributed by atoms with van der Waals surface area (Å²) in [4.78, 5) is 0. The SMILES string of the molecule is COc1ccc(C(O)CCSc2cccs2)cc1. The summed E-state index contributed by atoms with van der Waals surface area (Å²) >= 11 is 3.53. The van der Waals surface area contributed by atoms with Crippen molar-refractivity contribution in [1.29, 1.82) is 0 Å². The zero-order chi connectivity index (χ0) is 12.8. The molecule has 0 aliphatic rings. The minimum Gasteiger partial charge on any atom is -0.497 e. The monoisotopic (exact) mass is 280 g/mol. The van der Waals surface area contributed by atoms with E-state index in [1.54, 1.807) is 30.2 Å². The topological polar surface area (TPSA) is 29.5 Å². The van der Waals surface area contributed by atoms with Crippen LogP contribution in [0, 0.1) is 0 Å². The molecule has 0 spiro atoms. The normalized spacial score (nSPS) is 12.3. The van der Waals surface area contributed by atoms with Crippen LogP contribution in [0.3, 0.4) is 0 Å². The Hall–Kier alpha value is -0.970. The maximum Gasteiger partial charge on any atom is 0.118 e. The molecule has 2 nitrogen and oxygen atoms in total. The molecule has 0 saturated carbocycles. The Labute approximate surface area is 116 Å². The molecule has 0 aliphatic heterocycles. The number of thiophene rings is 1. The van der Waals surface area contributed by atoms with Crippen molar-refractivity contribution in [2.45, 2.75) is 16.7 Å². The average molecular weight is 280 g/mol. The highest BCUT2D eigenvalue weighted by molar-refractivity contribution is 8.01. The van der Waals surface area contributed by atoms with Gasteiger partial charge in [0.25, 0.3) is 0 Å². The molecule has 1 heterocycles. The van der Waals surface area contributed by atoms with Crippen molar-refractivity contribution in [2.75, 3.05) is 12.9 Å². The maximum atomic E-state index is 10.1. The van der Waals surface area contributed by atoms with Crippen molar-refractivity contribution in [3.05, 3.63) is 47.3 Å². The van der Waals surface area contributed by atoms with E-state index in [0.29, 0.717) is 0 Å². The van der Waals surface area contributed by atoms with Gasteiger partial charge >= 0.3 is 0 Å². The number of methoxy groups -OCH3 is 1. The molecule has 0 bridgehead atoms. The summed E-state index contributed by atoms with van der Waals surface area (Å²) in [6.07, 6.45) is 0.359. The van der Waals surface area contributed by atoms with E-state index in [1.165, 1.54) is 4.21 Å². The van der Waals surface area contributed by atoms with E-state index in [1.807, 2.05) is 30.3 Å². The van der Waals surface area contributed by atoms with Crippen LogP contribution in [0.5, 0.6) is 5.75 Å². The molecule has 2 aromatic rings. The van der Waals surface area contributed by atoms with E-state index >= 15 is 0 Å². The Kier molecular flexibility index (Phi) is 5.11. The molecule has 18 heavy (non-hydrogen) atoms. The Morgan fingerprint density at radius 2 is 2.06 bits per heavy atom. The van der Waals surface area contributed by atoms with E-state index in [4.69, 9.17) is 4.74 Å². The molecule has 2 rings (SSSR count). The van der Waals surface area contributed by atoms with Crippen LogP contribution in [0.25, 0.3) is 0 Å². The highest BCUT2D eigenvalue weighted by Gasteiger charge is 2.07. The van der Waals surface area contributed by atoms with Gasteiger partial charge in [-0.3, -0.25) is 0 Å². The van der Waals surface area contributed by atoms with Crippen molar-refractivity contribution < 1.29 is 9.84 Å². The molecule has 1 aromatic carbocycles. The van der Waals surface area contributed by atoms with E-state index in [0.717, 1.165) is 23.5 Å². The molecule has 4 heteroatoms. The Morgan fingerprint density at radius 3 is 2.67 bits per heavy atom. The zero-order valence-corrected chi connectivity index (χ0v) is 11.8. The number of aliphatic hydroxyl groups is 1. The van der Waals surface area contributed by atoms with Gasteiger partial charge in [0.05, 0.1) is 17.4 Å². The van der Waals surface area contributed by atoms with Gasteiger partial charge in [-0.1, -0.05) is 18.2 Å². The summed E-state index contributed by atoms with van der Waals surface area (Å²) in [5.41, 5.74) is 0.947. The third kappa shape index (κ3) is 3.77. The number of thioether (sulfide) groups is 1. The third-order valence-electron chi connectivity index (χ3n) is 2.63. The van der Waals surface area contributed by atoms with Crippen LogP contribution in [0.2, 0.25) is 0 Å². The highest BCUT2D eigenvalue weighted by atomic mass is 32.2. The maximum absolute atomic E-state index is 10.1. The van der Waals surface area contributed by atoms with Gasteiger partial charge in [-0.25, -0.2) is 0 Å². The predicted molar refractivity (Wildman–Crippen MR) is 77.6 cm³/mol. The van der Waals surface area contributed by atoms with Gasteiger partial charge in [0.2, 0.25) is 0 Å². The number of ether oxygens (including phenoxy) is 1. The second kappa shape index (κ2) is 6.83. The standard InChI is InChI=1S/C14H16O2S2/c1-16-12-6-4-11(5-7-12)13(15)8-10-18-14-3-2-9-17-14/h2-7,9,13,15H,8,10H2,1H3. The summed E-state index contributed by atoms with van der Waals surface area (Å²) in [6, 6.07) is 11.7. The molecular formula is C14H16O2S2. The van der Waals surface area contributed by atoms with E-state index in [9.17, 15) is 5.11 Å². The minimum absolute atomic E-state index is 0.400. The van der Waals surface area contributed by atoms with Crippen LogP contribution >= 0.6 is 23.1 Å². The predicted octanol–water partition coefficient (Wildman–Crippen LogP) is 3.97. The van der Waals surface area contributed by atoms with Crippen LogP contribution in [-0.4, -0.2) is 18.0 Å². The van der Waals surface area contributed by atoms with Crippen LogP contribution in [0.4, 0.5) is 0 Å².